The summed E-state index contributed by atoms with van der Waals surface area (Å²) in [5, 5.41) is 3.48. The highest BCUT2D eigenvalue weighted by atomic mass is 32.2. The van der Waals surface area contributed by atoms with Crippen molar-refractivity contribution in [2.45, 2.75) is 31.5 Å². The Balaban J connectivity index is 1.44. The highest BCUT2D eigenvalue weighted by Crippen LogP contribution is 2.32. The van der Waals surface area contributed by atoms with E-state index in [2.05, 4.69) is 25.6 Å². The number of aromatic nitrogens is 2. The van der Waals surface area contributed by atoms with Crippen LogP contribution in [0.5, 0.6) is 5.75 Å². The number of thiophene rings is 1. The molecule has 0 unspecified atom stereocenters. The first-order chi connectivity index (χ1) is 15.7. The molecule has 0 atom stereocenters. The first-order valence-corrected chi connectivity index (χ1v) is 12.5. The number of hydrogen-bond donors (Lipinski definition) is 0. The molecule has 0 fully saturated rings. The summed E-state index contributed by atoms with van der Waals surface area (Å²) in [5.74, 6) is 1.78. The number of allylic oxidation sites excluding steroid dienone is 1. The molecule has 2 aromatic carbocycles. The van der Waals surface area contributed by atoms with Crippen molar-refractivity contribution in [1.82, 2.24) is 9.55 Å². The van der Waals surface area contributed by atoms with Gasteiger partial charge in [-0.3, -0.25) is 9.36 Å². The third-order valence-electron chi connectivity index (χ3n) is 5.11. The maximum absolute atomic E-state index is 13.4. The molecule has 0 aliphatic rings. The monoisotopic (exact) mass is 462 g/mol. The van der Waals surface area contributed by atoms with Gasteiger partial charge >= 0.3 is 0 Å². The van der Waals surface area contributed by atoms with E-state index in [4.69, 9.17) is 9.72 Å². The van der Waals surface area contributed by atoms with Crippen LogP contribution in [0.15, 0.2) is 82.6 Å². The second kappa shape index (κ2) is 10.7. The predicted octanol–water partition coefficient (Wildman–Crippen LogP) is 6.57. The number of ether oxygens (including phenoxy) is 1. The topological polar surface area (TPSA) is 44.1 Å². The van der Waals surface area contributed by atoms with Crippen molar-refractivity contribution in [2.75, 3.05) is 12.4 Å². The molecule has 164 valence electrons. The summed E-state index contributed by atoms with van der Waals surface area (Å²) in [5.41, 5.74) is 3.22. The van der Waals surface area contributed by atoms with Gasteiger partial charge in [-0.25, -0.2) is 4.98 Å². The fourth-order valence-electron chi connectivity index (χ4n) is 3.43. The van der Waals surface area contributed by atoms with Crippen molar-refractivity contribution in [1.29, 1.82) is 0 Å². The van der Waals surface area contributed by atoms with Crippen LogP contribution in [0.2, 0.25) is 0 Å². The van der Waals surface area contributed by atoms with Crippen LogP contribution >= 0.6 is 23.1 Å². The number of fused-ring (bicyclic) bond motifs is 1. The molecule has 0 aliphatic heterocycles. The summed E-state index contributed by atoms with van der Waals surface area (Å²) in [4.78, 5) is 19.0. The van der Waals surface area contributed by atoms with Crippen molar-refractivity contribution in [3.8, 4) is 16.9 Å². The second-order valence-electron chi connectivity index (χ2n) is 7.51. The molecule has 0 amide bonds. The number of hydrogen-bond acceptors (Lipinski definition) is 5. The predicted molar refractivity (Wildman–Crippen MR) is 136 cm³/mol. The summed E-state index contributed by atoms with van der Waals surface area (Å²) < 4.78 is 7.54. The molecule has 0 spiro atoms. The molecule has 32 heavy (non-hydrogen) atoms. The number of thioether (sulfide) groups is 1. The number of nitrogens with zero attached hydrogens (tertiary/aromatic N) is 2. The Kier molecular flexibility index (Phi) is 7.45. The summed E-state index contributed by atoms with van der Waals surface area (Å²) in [7, 11) is 0. The largest absolute Gasteiger partial charge is 0.494 e. The Labute approximate surface area is 196 Å². The number of aryl methyl sites for hydroxylation is 1. The number of unbranched alkanes of at least 4 members (excludes halogenated alkanes) is 1. The van der Waals surface area contributed by atoms with E-state index in [0.717, 1.165) is 45.5 Å². The number of benzene rings is 2. The maximum Gasteiger partial charge on any atom is 0.263 e. The van der Waals surface area contributed by atoms with Crippen LogP contribution in [-0.2, 0) is 6.54 Å². The van der Waals surface area contributed by atoms with Crippen LogP contribution in [0.1, 0.15) is 18.4 Å². The number of rotatable bonds is 10. The van der Waals surface area contributed by atoms with Crippen molar-refractivity contribution < 1.29 is 4.74 Å². The third-order valence-corrected chi connectivity index (χ3v) is 7.05. The fourth-order valence-corrected chi connectivity index (χ4v) is 5.42. The maximum atomic E-state index is 13.4. The lowest BCUT2D eigenvalue weighted by Gasteiger charge is -2.11. The van der Waals surface area contributed by atoms with Crippen molar-refractivity contribution >= 4 is 33.3 Å². The first kappa shape index (κ1) is 22.4. The molecule has 0 saturated heterocycles. The summed E-state index contributed by atoms with van der Waals surface area (Å²) >= 11 is 3.15. The minimum Gasteiger partial charge on any atom is -0.494 e. The third kappa shape index (κ3) is 5.14. The lowest BCUT2D eigenvalue weighted by molar-refractivity contribution is 0.310. The molecule has 6 heteroatoms. The quantitative estimate of drug-likeness (QED) is 0.116. The first-order valence-electron chi connectivity index (χ1n) is 10.7. The standard InChI is InChI=1S/C26H26N2O2S2/c1-3-15-28-25(29)23-22(20-9-5-4-6-10-20)18-32-24(23)27-26(28)31-17-8-7-16-30-21-13-11-19(2)12-14-21/h3-6,9-14,18H,1,7-8,15-17H2,2H3. The van der Waals surface area contributed by atoms with Gasteiger partial charge in [0.25, 0.3) is 5.56 Å². The molecule has 4 rings (SSSR count). The van der Waals surface area contributed by atoms with E-state index < -0.39 is 0 Å². The minimum atomic E-state index is 0.000192. The minimum absolute atomic E-state index is 0.000192. The van der Waals surface area contributed by atoms with Gasteiger partial charge in [-0.15, -0.1) is 17.9 Å². The van der Waals surface area contributed by atoms with Crippen LogP contribution < -0.4 is 10.3 Å². The van der Waals surface area contributed by atoms with Crippen LogP contribution in [0.4, 0.5) is 0 Å². The van der Waals surface area contributed by atoms with Crippen molar-refractivity contribution in [2.24, 2.45) is 0 Å². The molecular formula is C26H26N2O2S2. The van der Waals surface area contributed by atoms with Crippen LogP contribution in [0.25, 0.3) is 21.3 Å². The van der Waals surface area contributed by atoms with E-state index in [9.17, 15) is 4.79 Å². The highest BCUT2D eigenvalue weighted by Gasteiger charge is 2.16. The van der Waals surface area contributed by atoms with Gasteiger partial charge in [0.15, 0.2) is 5.16 Å². The van der Waals surface area contributed by atoms with Gasteiger partial charge in [-0.2, -0.15) is 0 Å². The molecule has 2 aromatic heterocycles. The average Bonchev–Trinajstić information content (AvgIpc) is 3.24. The summed E-state index contributed by atoms with van der Waals surface area (Å²) in [6.07, 6.45) is 3.69. The molecule has 2 heterocycles. The zero-order chi connectivity index (χ0) is 22.3. The van der Waals surface area contributed by atoms with E-state index in [1.165, 1.54) is 16.9 Å². The molecule has 0 saturated carbocycles. The Morgan fingerprint density at radius 2 is 1.91 bits per heavy atom. The van der Waals surface area contributed by atoms with Crippen LogP contribution in [-0.4, -0.2) is 21.9 Å². The molecule has 0 N–H and O–H groups in total. The van der Waals surface area contributed by atoms with E-state index in [1.807, 2.05) is 47.8 Å². The van der Waals surface area contributed by atoms with Gasteiger partial charge in [0.1, 0.15) is 10.6 Å². The van der Waals surface area contributed by atoms with Crippen LogP contribution in [0.3, 0.4) is 0 Å². The SMILES string of the molecule is C=CCn1c(SCCCCOc2ccc(C)cc2)nc2scc(-c3ccccc3)c2c1=O. The highest BCUT2D eigenvalue weighted by molar-refractivity contribution is 7.99. The lowest BCUT2D eigenvalue weighted by Crippen LogP contribution is -2.22. The van der Waals surface area contributed by atoms with Gasteiger partial charge in [0.2, 0.25) is 0 Å². The van der Waals surface area contributed by atoms with Crippen molar-refractivity contribution in [3.05, 3.63) is 88.5 Å². The second-order valence-corrected chi connectivity index (χ2v) is 9.43. The Hall–Kier alpha value is -2.83. The van der Waals surface area contributed by atoms with Crippen molar-refractivity contribution in [3.63, 3.8) is 0 Å². The van der Waals surface area contributed by atoms with Gasteiger partial charge in [0, 0.05) is 23.2 Å². The molecule has 4 aromatic rings. The summed E-state index contributed by atoms with van der Waals surface area (Å²) in [6, 6.07) is 18.1. The average molecular weight is 463 g/mol. The zero-order valence-corrected chi connectivity index (χ0v) is 19.8. The van der Waals surface area contributed by atoms with E-state index in [1.54, 1.807) is 22.4 Å². The van der Waals surface area contributed by atoms with E-state index in [0.29, 0.717) is 18.5 Å². The van der Waals surface area contributed by atoms with E-state index >= 15 is 0 Å². The Morgan fingerprint density at radius 1 is 1.12 bits per heavy atom. The smallest absolute Gasteiger partial charge is 0.263 e. The summed E-state index contributed by atoms with van der Waals surface area (Å²) in [6.45, 7) is 7.03. The van der Waals surface area contributed by atoms with Gasteiger partial charge in [0.05, 0.1) is 12.0 Å². The lowest BCUT2D eigenvalue weighted by atomic mass is 10.1. The van der Waals surface area contributed by atoms with E-state index in [-0.39, 0.29) is 5.56 Å². The normalized spacial score (nSPS) is 11.0. The molecular weight excluding hydrogens is 436 g/mol. The molecule has 4 nitrogen and oxygen atoms in total. The van der Waals surface area contributed by atoms with Gasteiger partial charge < -0.3 is 4.74 Å². The molecule has 0 radical (unpaired) electrons. The Morgan fingerprint density at radius 3 is 2.66 bits per heavy atom. The van der Waals surface area contributed by atoms with Gasteiger partial charge in [-0.1, -0.05) is 65.9 Å². The zero-order valence-electron chi connectivity index (χ0n) is 18.1. The van der Waals surface area contributed by atoms with Crippen LogP contribution in [0, 0.1) is 6.92 Å². The molecule has 0 bridgehead atoms. The Bertz CT molecular complexity index is 1240. The fraction of sp³-hybridized carbons (Fsp3) is 0.231. The molecule has 0 aliphatic carbocycles. The van der Waals surface area contributed by atoms with Gasteiger partial charge in [-0.05, 0) is 37.5 Å².